The molecule has 4 nitrogen and oxygen atoms in total. The second-order valence-electron chi connectivity index (χ2n) is 4.99. The molecule has 1 atom stereocenters. The number of rotatable bonds is 5. The Hall–Kier alpha value is -1.46. The molecule has 1 aliphatic carbocycles. The molecular weight excluding hydrogens is 296 g/mol. The van der Waals surface area contributed by atoms with E-state index < -0.39 is 11.9 Å². The van der Waals surface area contributed by atoms with Crippen LogP contribution in [0.4, 0.5) is 0 Å². The van der Waals surface area contributed by atoms with Gasteiger partial charge in [-0.25, -0.2) is 4.98 Å². The number of hydrogen-bond donors (Lipinski definition) is 1. The first kappa shape index (κ1) is 13.5. The molecule has 1 aromatic heterocycles. The number of aliphatic carboxylic acids is 1. The average Bonchev–Trinajstić information content (AvgIpc) is 3.16. The van der Waals surface area contributed by atoms with Gasteiger partial charge >= 0.3 is 5.97 Å². The third kappa shape index (κ3) is 2.99. The zero-order chi connectivity index (χ0) is 14.1. The van der Waals surface area contributed by atoms with Crippen molar-refractivity contribution in [3.05, 3.63) is 45.7 Å². The molecule has 0 saturated heterocycles. The van der Waals surface area contributed by atoms with Gasteiger partial charge in [0.25, 0.3) is 0 Å². The summed E-state index contributed by atoms with van der Waals surface area (Å²) >= 11 is 7.04. The van der Waals surface area contributed by atoms with Gasteiger partial charge in [0.05, 0.1) is 0 Å². The molecule has 0 amide bonds. The Kier molecular flexibility index (Phi) is 3.72. The summed E-state index contributed by atoms with van der Waals surface area (Å²) in [6.07, 6.45) is 2.64. The van der Waals surface area contributed by atoms with Gasteiger partial charge in [-0.05, 0) is 48.5 Å². The van der Waals surface area contributed by atoms with Crippen molar-refractivity contribution in [2.75, 3.05) is 0 Å². The molecular formula is C14H13ClN2O2S. The molecule has 1 aliphatic rings. The molecule has 20 heavy (non-hydrogen) atoms. The van der Waals surface area contributed by atoms with Crippen molar-refractivity contribution < 1.29 is 9.90 Å². The highest BCUT2D eigenvalue weighted by molar-refractivity contribution is 7.05. The molecule has 1 unspecified atom stereocenters. The van der Waals surface area contributed by atoms with Gasteiger partial charge < -0.3 is 5.11 Å². The standard InChI is InChI=1S/C14H13ClN2O2S/c15-10-5-1-8(2-6-10)7-11(14(18)19)13-16-12(17-20-13)9-3-4-9/h1-2,5-6,9,11H,3-4,7H2,(H,18,19). The van der Waals surface area contributed by atoms with Gasteiger partial charge in [0.15, 0.2) is 0 Å². The van der Waals surface area contributed by atoms with Gasteiger partial charge in [-0.1, -0.05) is 23.7 Å². The molecule has 0 spiro atoms. The molecule has 6 heteroatoms. The highest BCUT2D eigenvalue weighted by Crippen LogP contribution is 2.39. The normalized spacial score (nSPS) is 16.1. The Morgan fingerprint density at radius 2 is 2.10 bits per heavy atom. The Bertz CT molecular complexity index is 622. The van der Waals surface area contributed by atoms with E-state index in [0.29, 0.717) is 22.4 Å². The SMILES string of the molecule is O=C(O)C(Cc1ccc(Cl)cc1)c1nc(C2CC2)ns1. The number of aromatic nitrogens is 2. The summed E-state index contributed by atoms with van der Waals surface area (Å²) in [5.41, 5.74) is 0.935. The first-order valence-electron chi connectivity index (χ1n) is 6.44. The third-order valence-electron chi connectivity index (χ3n) is 3.35. The van der Waals surface area contributed by atoms with Crippen molar-refractivity contribution >= 4 is 29.1 Å². The monoisotopic (exact) mass is 308 g/mol. The maximum Gasteiger partial charge on any atom is 0.313 e. The Balaban J connectivity index is 1.80. The lowest BCUT2D eigenvalue weighted by atomic mass is 10.00. The Morgan fingerprint density at radius 1 is 1.40 bits per heavy atom. The predicted octanol–water partition coefficient (Wildman–Crippen LogP) is 3.48. The smallest absolute Gasteiger partial charge is 0.313 e. The topological polar surface area (TPSA) is 63.1 Å². The molecule has 0 radical (unpaired) electrons. The molecule has 2 aromatic rings. The zero-order valence-electron chi connectivity index (χ0n) is 10.6. The number of carboxylic acid groups (broad SMARTS) is 1. The van der Waals surface area contributed by atoms with E-state index in [2.05, 4.69) is 9.36 Å². The second-order valence-corrected chi connectivity index (χ2v) is 6.21. The van der Waals surface area contributed by atoms with Gasteiger partial charge in [0, 0.05) is 10.9 Å². The van der Waals surface area contributed by atoms with Crippen LogP contribution in [0.5, 0.6) is 0 Å². The highest BCUT2D eigenvalue weighted by Gasteiger charge is 2.31. The molecule has 1 aromatic carbocycles. The summed E-state index contributed by atoms with van der Waals surface area (Å²) in [7, 11) is 0. The van der Waals surface area contributed by atoms with Crippen molar-refractivity contribution in [1.29, 1.82) is 0 Å². The summed E-state index contributed by atoms with van der Waals surface area (Å²) in [6, 6.07) is 7.24. The van der Waals surface area contributed by atoms with E-state index in [9.17, 15) is 9.90 Å². The van der Waals surface area contributed by atoms with Crippen molar-refractivity contribution in [2.24, 2.45) is 0 Å². The van der Waals surface area contributed by atoms with Crippen LogP contribution >= 0.6 is 23.1 Å². The lowest BCUT2D eigenvalue weighted by Gasteiger charge is -2.09. The van der Waals surface area contributed by atoms with Crippen molar-refractivity contribution in [3.8, 4) is 0 Å². The molecule has 1 N–H and O–H groups in total. The summed E-state index contributed by atoms with van der Waals surface area (Å²) < 4.78 is 4.28. The number of nitrogens with zero attached hydrogens (tertiary/aromatic N) is 2. The number of carboxylic acids is 1. The molecule has 3 rings (SSSR count). The van der Waals surface area contributed by atoms with E-state index >= 15 is 0 Å². The fourth-order valence-electron chi connectivity index (χ4n) is 2.03. The largest absolute Gasteiger partial charge is 0.481 e. The molecule has 0 aliphatic heterocycles. The minimum absolute atomic E-state index is 0.409. The van der Waals surface area contributed by atoms with E-state index in [1.807, 2.05) is 12.1 Å². The first-order chi connectivity index (χ1) is 9.63. The number of carbonyl (C=O) groups is 1. The quantitative estimate of drug-likeness (QED) is 0.918. The third-order valence-corrected chi connectivity index (χ3v) is 4.44. The lowest BCUT2D eigenvalue weighted by Crippen LogP contribution is -2.14. The number of benzene rings is 1. The fraction of sp³-hybridized carbons (Fsp3) is 0.357. The summed E-state index contributed by atoms with van der Waals surface area (Å²) in [5, 5.41) is 10.7. The van der Waals surface area contributed by atoms with E-state index in [1.165, 1.54) is 11.5 Å². The van der Waals surface area contributed by atoms with Crippen LogP contribution in [0.1, 0.15) is 41.1 Å². The first-order valence-corrected chi connectivity index (χ1v) is 7.59. The van der Waals surface area contributed by atoms with Crippen LogP contribution in [0, 0.1) is 0 Å². The van der Waals surface area contributed by atoms with E-state index in [-0.39, 0.29) is 0 Å². The molecule has 1 heterocycles. The van der Waals surface area contributed by atoms with Gasteiger partial charge in [0.2, 0.25) is 0 Å². The number of hydrogen-bond acceptors (Lipinski definition) is 4. The van der Waals surface area contributed by atoms with Crippen LogP contribution in [-0.2, 0) is 11.2 Å². The van der Waals surface area contributed by atoms with Crippen molar-refractivity contribution in [1.82, 2.24) is 9.36 Å². The maximum atomic E-state index is 11.5. The summed E-state index contributed by atoms with van der Waals surface area (Å²) in [4.78, 5) is 15.9. The maximum absolute atomic E-state index is 11.5. The Morgan fingerprint density at radius 3 is 2.70 bits per heavy atom. The van der Waals surface area contributed by atoms with Gasteiger partial charge in [-0.2, -0.15) is 4.37 Å². The van der Waals surface area contributed by atoms with Crippen LogP contribution in [0.2, 0.25) is 5.02 Å². The van der Waals surface area contributed by atoms with Gasteiger partial charge in [-0.3, -0.25) is 4.79 Å². The van der Waals surface area contributed by atoms with E-state index in [4.69, 9.17) is 11.6 Å². The van der Waals surface area contributed by atoms with Crippen LogP contribution in [0.3, 0.4) is 0 Å². The van der Waals surface area contributed by atoms with Crippen LogP contribution < -0.4 is 0 Å². The molecule has 1 saturated carbocycles. The molecule has 104 valence electrons. The highest BCUT2D eigenvalue weighted by atomic mass is 35.5. The lowest BCUT2D eigenvalue weighted by molar-refractivity contribution is -0.138. The fourth-order valence-corrected chi connectivity index (χ4v) is 2.98. The van der Waals surface area contributed by atoms with Crippen LogP contribution in [0.15, 0.2) is 24.3 Å². The van der Waals surface area contributed by atoms with Crippen molar-refractivity contribution in [2.45, 2.75) is 31.1 Å². The van der Waals surface area contributed by atoms with E-state index in [0.717, 1.165) is 24.2 Å². The summed E-state index contributed by atoms with van der Waals surface area (Å²) in [5.74, 6) is -0.239. The number of halogens is 1. The molecule has 1 fully saturated rings. The second kappa shape index (κ2) is 5.50. The minimum Gasteiger partial charge on any atom is -0.481 e. The van der Waals surface area contributed by atoms with Crippen molar-refractivity contribution in [3.63, 3.8) is 0 Å². The van der Waals surface area contributed by atoms with Crippen LogP contribution in [-0.4, -0.2) is 20.4 Å². The molecule has 0 bridgehead atoms. The zero-order valence-corrected chi connectivity index (χ0v) is 12.2. The minimum atomic E-state index is -0.863. The Labute approximate surface area is 125 Å². The predicted molar refractivity (Wildman–Crippen MR) is 77.4 cm³/mol. The van der Waals surface area contributed by atoms with Gasteiger partial charge in [-0.15, -0.1) is 0 Å². The van der Waals surface area contributed by atoms with Crippen LogP contribution in [0.25, 0.3) is 0 Å². The summed E-state index contributed by atoms with van der Waals surface area (Å²) in [6.45, 7) is 0. The van der Waals surface area contributed by atoms with Gasteiger partial charge in [0.1, 0.15) is 16.7 Å². The van der Waals surface area contributed by atoms with E-state index in [1.54, 1.807) is 12.1 Å². The average molecular weight is 309 g/mol.